The van der Waals surface area contributed by atoms with Crippen LogP contribution in [0.4, 0.5) is 4.79 Å². The fourth-order valence-corrected chi connectivity index (χ4v) is 2.04. The molecule has 1 fully saturated rings. The van der Waals surface area contributed by atoms with Crippen LogP contribution in [0.3, 0.4) is 0 Å². The van der Waals surface area contributed by atoms with Gasteiger partial charge in [0.15, 0.2) is 5.41 Å². The third kappa shape index (κ3) is 1.32. The average Bonchev–Trinajstić information content (AvgIpc) is 3.02. The number of carbonyl (C=O) groups is 2. The highest BCUT2D eigenvalue weighted by Gasteiger charge is 2.50. The molecule has 2 aromatic rings. The van der Waals surface area contributed by atoms with Crippen LogP contribution in [0.1, 0.15) is 11.6 Å². The molecule has 0 bridgehead atoms. The summed E-state index contributed by atoms with van der Waals surface area (Å²) in [4.78, 5) is 37.5. The van der Waals surface area contributed by atoms with Gasteiger partial charge < -0.3 is 15.3 Å². The number of imidazole rings is 2. The molecule has 0 aliphatic carbocycles. The number of aromatic amines is 2. The van der Waals surface area contributed by atoms with E-state index in [1.807, 2.05) is 0 Å². The van der Waals surface area contributed by atoms with Gasteiger partial charge in [0.25, 0.3) is 5.91 Å². The third-order valence-corrected chi connectivity index (χ3v) is 2.93. The molecule has 92 valence electrons. The number of nitrogens with zero attached hydrogens (tertiary/aromatic N) is 2. The van der Waals surface area contributed by atoms with Gasteiger partial charge in [0.05, 0.1) is 0 Å². The van der Waals surface area contributed by atoms with E-state index in [0.29, 0.717) is 11.6 Å². The standard InChI is InChI=1S/C10H10N6O2/c17-8-10(5-15-9(18)16-8,6-11-1-2-12-6)7-13-3-4-14-7/h1-4H,5H2,(H,11,12)(H,13,14)(H2,15,16,17,18). The van der Waals surface area contributed by atoms with Crippen molar-refractivity contribution in [3.63, 3.8) is 0 Å². The van der Waals surface area contributed by atoms with Crippen molar-refractivity contribution in [2.45, 2.75) is 5.41 Å². The molecule has 3 heterocycles. The number of imide groups is 1. The summed E-state index contributed by atoms with van der Waals surface area (Å²) in [6.45, 7) is 0.0959. The summed E-state index contributed by atoms with van der Waals surface area (Å²) in [5, 5.41) is 4.83. The first-order valence-electron chi connectivity index (χ1n) is 5.32. The largest absolute Gasteiger partial charge is 0.347 e. The maximum absolute atomic E-state index is 12.2. The van der Waals surface area contributed by atoms with Gasteiger partial charge in [0.2, 0.25) is 0 Å². The second-order valence-electron chi connectivity index (χ2n) is 3.92. The summed E-state index contributed by atoms with van der Waals surface area (Å²) in [6.07, 6.45) is 6.32. The van der Waals surface area contributed by atoms with Crippen LogP contribution in [0, 0.1) is 0 Å². The Bertz CT molecular complexity index is 539. The first-order valence-corrected chi connectivity index (χ1v) is 5.32. The lowest BCUT2D eigenvalue weighted by atomic mass is 9.83. The molecule has 3 rings (SSSR count). The molecule has 0 spiro atoms. The molecule has 4 N–H and O–H groups in total. The molecule has 1 aliphatic heterocycles. The zero-order valence-corrected chi connectivity index (χ0v) is 9.23. The van der Waals surface area contributed by atoms with Crippen molar-refractivity contribution >= 4 is 11.9 Å². The summed E-state index contributed by atoms with van der Waals surface area (Å²) in [6, 6.07) is -0.520. The van der Waals surface area contributed by atoms with Crippen molar-refractivity contribution in [3.8, 4) is 0 Å². The smallest absolute Gasteiger partial charge is 0.321 e. The van der Waals surface area contributed by atoms with Crippen LogP contribution in [0.25, 0.3) is 0 Å². The van der Waals surface area contributed by atoms with E-state index in [1.165, 1.54) is 0 Å². The average molecular weight is 246 g/mol. The Morgan fingerprint density at radius 3 is 2.11 bits per heavy atom. The first-order chi connectivity index (χ1) is 8.73. The van der Waals surface area contributed by atoms with E-state index in [-0.39, 0.29) is 6.54 Å². The fourth-order valence-electron chi connectivity index (χ4n) is 2.04. The number of rotatable bonds is 2. The van der Waals surface area contributed by atoms with Gasteiger partial charge in [-0.2, -0.15) is 0 Å². The Hall–Kier alpha value is -2.64. The Morgan fingerprint density at radius 1 is 1.06 bits per heavy atom. The van der Waals surface area contributed by atoms with Gasteiger partial charge in [-0.25, -0.2) is 14.8 Å². The zero-order valence-electron chi connectivity index (χ0n) is 9.23. The number of hydrogen-bond acceptors (Lipinski definition) is 4. The highest BCUT2D eigenvalue weighted by Crippen LogP contribution is 2.28. The number of carbonyl (C=O) groups excluding carboxylic acids is 2. The SMILES string of the molecule is O=C1NCC(c2ncc[nH]2)(c2ncc[nH]2)C(=O)N1. The predicted octanol–water partition coefficient (Wildman–Crippen LogP) is -0.742. The second-order valence-corrected chi connectivity index (χ2v) is 3.92. The second kappa shape index (κ2) is 3.69. The van der Waals surface area contributed by atoms with Gasteiger partial charge in [-0.05, 0) is 0 Å². The Morgan fingerprint density at radius 2 is 1.67 bits per heavy atom. The molecule has 8 heteroatoms. The van der Waals surface area contributed by atoms with Crippen molar-refractivity contribution < 1.29 is 9.59 Å². The van der Waals surface area contributed by atoms with Crippen molar-refractivity contribution in [2.75, 3.05) is 6.54 Å². The number of urea groups is 1. The molecular weight excluding hydrogens is 236 g/mol. The van der Waals surface area contributed by atoms with Gasteiger partial charge in [-0.15, -0.1) is 0 Å². The van der Waals surface area contributed by atoms with E-state index in [4.69, 9.17) is 0 Å². The number of H-pyrrole nitrogens is 2. The molecule has 1 saturated heterocycles. The number of hydrogen-bond donors (Lipinski definition) is 4. The lowest BCUT2D eigenvalue weighted by molar-refractivity contribution is -0.125. The highest BCUT2D eigenvalue weighted by molar-refractivity contribution is 6.04. The molecule has 2 aromatic heterocycles. The Balaban J connectivity index is 2.15. The molecule has 0 saturated carbocycles. The van der Waals surface area contributed by atoms with E-state index >= 15 is 0 Å². The lowest BCUT2D eigenvalue weighted by Crippen LogP contribution is -2.62. The molecule has 8 nitrogen and oxygen atoms in total. The van der Waals surface area contributed by atoms with Gasteiger partial charge in [-0.1, -0.05) is 0 Å². The quantitative estimate of drug-likeness (QED) is 0.558. The monoisotopic (exact) mass is 246 g/mol. The summed E-state index contributed by atoms with van der Waals surface area (Å²) in [5.41, 5.74) is -1.15. The van der Waals surface area contributed by atoms with Crippen molar-refractivity contribution in [1.29, 1.82) is 0 Å². The molecule has 0 aromatic carbocycles. The summed E-state index contributed by atoms with van der Waals surface area (Å²) in [7, 11) is 0. The summed E-state index contributed by atoms with van der Waals surface area (Å²) in [5.74, 6) is 0.390. The maximum atomic E-state index is 12.2. The molecule has 0 unspecified atom stereocenters. The number of nitrogens with one attached hydrogen (secondary N) is 4. The normalized spacial score (nSPS) is 18.2. The third-order valence-electron chi connectivity index (χ3n) is 2.93. The molecule has 3 amide bonds. The first kappa shape index (κ1) is 10.5. The van der Waals surface area contributed by atoms with Crippen molar-refractivity contribution in [2.24, 2.45) is 0 Å². The van der Waals surface area contributed by atoms with E-state index in [9.17, 15) is 9.59 Å². The molecular formula is C10H10N6O2. The van der Waals surface area contributed by atoms with Gasteiger partial charge in [-0.3, -0.25) is 10.1 Å². The highest BCUT2D eigenvalue weighted by atomic mass is 16.2. The summed E-state index contributed by atoms with van der Waals surface area (Å²) < 4.78 is 0. The minimum atomic E-state index is -1.15. The van der Waals surface area contributed by atoms with Crippen LogP contribution in [0.2, 0.25) is 0 Å². The van der Waals surface area contributed by atoms with Crippen LogP contribution < -0.4 is 10.6 Å². The van der Waals surface area contributed by atoms with Crippen LogP contribution in [0.5, 0.6) is 0 Å². The van der Waals surface area contributed by atoms with Crippen LogP contribution in [0.15, 0.2) is 24.8 Å². The van der Waals surface area contributed by atoms with E-state index in [2.05, 4.69) is 30.6 Å². The topological polar surface area (TPSA) is 116 Å². The van der Waals surface area contributed by atoms with E-state index in [1.54, 1.807) is 24.8 Å². The minimum absolute atomic E-state index is 0.0959. The van der Waals surface area contributed by atoms with Crippen LogP contribution >= 0.6 is 0 Å². The number of aromatic nitrogens is 4. The molecule has 18 heavy (non-hydrogen) atoms. The van der Waals surface area contributed by atoms with E-state index < -0.39 is 17.4 Å². The minimum Gasteiger partial charge on any atom is -0.347 e. The predicted molar refractivity (Wildman–Crippen MR) is 59.5 cm³/mol. The fraction of sp³-hybridized carbons (Fsp3) is 0.200. The zero-order chi connectivity index (χ0) is 12.6. The Labute approximate surface area is 101 Å². The maximum Gasteiger partial charge on any atom is 0.321 e. The molecule has 1 aliphatic rings. The van der Waals surface area contributed by atoms with E-state index in [0.717, 1.165) is 0 Å². The van der Waals surface area contributed by atoms with Crippen molar-refractivity contribution in [1.82, 2.24) is 30.6 Å². The lowest BCUT2D eigenvalue weighted by Gasteiger charge is -2.32. The number of amides is 3. The van der Waals surface area contributed by atoms with Crippen molar-refractivity contribution in [3.05, 3.63) is 36.4 Å². The van der Waals surface area contributed by atoms with Gasteiger partial charge in [0.1, 0.15) is 11.6 Å². The molecule has 0 radical (unpaired) electrons. The van der Waals surface area contributed by atoms with Gasteiger partial charge >= 0.3 is 6.03 Å². The van der Waals surface area contributed by atoms with Gasteiger partial charge in [0, 0.05) is 31.3 Å². The van der Waals surface area contributed by atoms with Crippen LogP contribution in [-0.4, -0.2) is 38.4 Å². The Kier molecular flexibility index (Phi) is 2.15. The molecule has 0 atom stereocenters. The van der Waals surface area contributed by atoms with Crippen LogP contribution in [-0.2, 0) is 10.2 Å². The summed E-state index contributed by atoms with van der Waals surface area (Å²) >= 11 is 0.